The predicted molar refractivity (Wildman–Crippen MR) is 113 cm³/mol. The van der Waals surface area contributed by atoms with Gasteiger partial charge in [-0.05, 0) is 29.6 Å². The van der Waals surface area contributed by atoms with E-state index in [4.69, 9.17) is 4.99 Å². The van der Waals surface area contributed by atoms with Gasteiger partial charge in [-0.1, -0.05) is 80.8 Å². The van der Waals surface area contributed by atoms with Gasteiger partial charge in [0.1, 0.15) is 0 Å². The molecule has 0 saturated carbocycles. The first kappa shape index (κ1) is 17.9. The molecule has 0 aromatic carbocycles. The Balaban J connectivity index is 2.06. The van der Waals surface area contributed by atoms with Gasteiger partial charge in [-0.3, -0.25) is 4.99 Å². The second-order valence-electron chi connectivity index (χ2n) is 6.48. The molecule has 0 bridgehead atoms. The average molecular weight is 342 g/mol. The molecule has 0 fully saturated rings. The summed E-state index contributed by atoms with van der Waals surface area (Å²) in [6.45, 7) is 10.8. The first-order valence-corrected chi connectivity index (χ1v) is 9.19. The topological polar surface area (TPSA) is 24.4 Å². The summed E-state index contributed by atoms with van der Waals surface area (Å²) in [6.07, 6.45) is 24.2. The summed E-state index contributed by atoms with van der Waals surface area (Å²) in [5.74, 6) is 0. The highest BCUT2D eigenvalue weighted by Gasteiger charge is 2.20. The van der Waals surface area contributed by atoms with Gasteiger partial charge in [0.25, 0.3) is 0 Å². The smallest absolute Gasteiger partial charge is 0.0791 e. The summed E-state index contributed by atoms with van der Waals surface area (Å²) >= 11 is 0. The molecule has 0 saturated heterocycles. The van der Waals surface area contributed by atoms with Crippen LogP contribution in [0, 0.1) is 0 Å². The first-order chi connectivity index (χ1) is 12.7. The third-order valence-electron chi connectivity index (χ3n) is 4.53. The normalized spacial score (nSPS) is 20.3. The van der Waals surface area contributed by atoms with Gasteiger partial charge >= 0.3 is 0 Å². The van der Waals surface area contributed by atoms with Crippen molar-refractivity contribution in [1.29, 1.82) is 0 Å². The maximum atomic E-state index is 4.83. The van der Waals surface area contributed by atoms with Gasteiger partial charge in [-0.25, -0.2) is 0 Å². The maximum absolute atomic E-state index is 4.83. The van der Waals surface area contributed by atoms with Crippen molar-refractivity contribution in [2.24, 2.45) is 4.99 Å². The fourth-order valence-electron chi connectivity index (χ4n) is 3.21. The number of hydrogen-bond acceptors (Lipinski definition) is 2. The van der Waals surface area contributed by atoms with Crippen LogP contribution >= 0.6 is 0 Å². The average Bonchev–Trinajstić information content (AvgIpc) is 3.01. The zero-order valence-electron chi connectivity index (χ0n) is 15.5. The number of rotatable bonds is 4. The van der Waals surface area contributed by atoms with Crippen molar-refractivity contribution in [2.45, 2.75) is 26.2 Å². The highest BCUT2D eigenvalue weighted by molar-refractivity contribution is 6.16. The van der Waals surface area contributed by atoms with Gasteiger partial charge in [0.2, 0.25) is 0 Å². The molecule has 2 aliphatic carbocycles. The van der Waals surface area contributed by atoms with E-state index in [2.05, 4.69) is 80.1 Å². The third-order valence-corrected chi connectivity index (χ3v) is 4.53. The summed E-state index contributed by atoms with van der Waals surface area (Å²) in [5.41, 5.74) is 7.78. The third kappa shape index (κ3) is 4.02. The van der Waals surface area contributed by atoms with E-state index in [1.54, 1.807) is 0 Å². The van der Waals surface area contributed by atoms with Gasteiger partial charge in [0.05, 0.1) is 12.3 Å². The van der Waals surface area contributed by atoms with E-state index in [1.807, 2.05) is 6.08 Å². The molecule has 3 aliphatic rings. The van der Waals surface area contributed by atoms with Crippen molar-refractivity contribution in [3.8, 4) is 0 Å². The number of allylic oxidation sites excluding steroid dienone is 14. The summed E-state index contributed by atoms with van der Waals surface area (Å²) < 4.78 is 0. The minimum Gasteiger partial charge on any atom is -0.360 e. The van der Waals surface area contributed by atoms with Crippen LogP contribution in [0.5, 0.6) is 0 Å². The van der Waals surface area contributed by atoms with E-state index in [1.165, 1.54) is 11.1 Å². The van der Waals surface area contributed by atoms with Crippen molar-refractivity contribution in [3.05, 3.63) is 108 Å². The second-order valence-corrected chi connectivity index (χ2v) is 6.48. The first-order valence-electron chi connectivity index (χ1n) is 9.19. The lowest BCUT2D eigenvalue weighted by atomic mass is 9.98. The van der Waals surface area contributed by atoms with E-state index >= 15 is 0 Å². The van der Waals surface area contributed by atoms with E-state index < -0.39 is 0 Å². The molecule has 0 aromatic heterocycles. The lowest BCUT2D eigenvalue weighted by Gasteiger charge is -2.14. The maximum Gasteiger partial charge on any atom is 0.0791 e. The van der Waals surface area contributed by atoms with Crippen LogP contribution in [0.25, 0.3) is 0 Å². The Labute approximate surface area is 156 Å². The van der Waals surface area contributed by atoms with Gasteiger partial charge in [0, 0.05) is 23.4 Å². The number of nitrogens with zero attached hydrogens (tertiary/aromatic N) is 1. The van der Waals surface area contributed by atoms with E-state index in [0.29, 0.717) is 6.54 Å². The number of hydrogen-bond donors (Lipinski definition) is 1. The zero-order chi connectivity index (χ0) is 18.4. The summed E-state index contributed by atoms with van der Waals surface area (Å²) in [6, 6.07) is 0. The summed E-state index contributed by atoms with van der Waals surface area (Å²) in [5, 5.41) is 3.50. The molecule has 3 rings (SSSR count). The van der Waals surface area contributed by atoms with Crippen LogP contribution < -0.4 is 5.32 Å². The molecular formula is C24H26N2. The Morgan fingerprint density at radius 3 is 2.88 bits per heavy atom. The Morgan fingerprint density at radius 2 is 2.08 bits per heavy atom. The second kappa shape index (κ2) is 8.48. The van der Waals surface area contributed by atoms with Crippen LogP contribution in [-0.2, 0) is 0 Å². The van der Waals surface area contributed by atoms with Crippen LogP contribution in [0.3, 0.4) is 0 Å². The molecule has 2 nitrogen and oxygen atoms in total. The molecule has 2 heteroatoms. The van der Waals surface area contributed by atoms with Crippen molar-refractivity contribution in [2.75, 3.05) is 6.54 Å². The molecule has 0 radical (unpaired) electrons. The Morgan fingerprint density at radius 1 is 1.23 bits per heavy atom. The van der Waals surface area contributed by atoms with Crippen LogP contribution in [0.1, 0.15) is 26.2 Å². The van der Waals surface area contributed by atoms with Crippen molar-refractivity contribution in [3.63, 3.8) is 0 Å². The highest BCUT2D eigenvalue weighted by atomic mass is 15.0. The Bertz CT molecular complexity index is 849. The number of aliphatic imine (C=N–C) groups is 1. The van der Waals surface area contributed by atoms with E-state index in [0.717, 1.165) is 47.5 Å². The minimum atomic E-state index is 0.570. The van der Waals surface area contributed by atoms with Gasteiger partial charge < -0.3 is 5.32 Å². The van der Waals surface area contributed by atoms with Crippen LogP contribution in [0.4, 0.5) is 0 Å². The predicted octanol–water partition coefficient (Wildman–Crippen LogP) is 5.65. The van der Waals surface area contributed by atoms with Gasteiger partial charge in [-0.15, -0.1) is 0 Å². The minimum absolute atomic E-state index is 0.570. The zero-order valence-corrected chi connectivity index (χ0v) is 15.5. The molecule has 0 amide bonds. The molecule has 0 unspecified atom stereocenters. The fraction of sp³-hybridized carbons (Fsp3) is 0.208. The van der Waals surface area contributed by atoms with E-state index in [-0.39, 0.29) is 0 Å². The van der Waals surface area contributed by atoms with Gasteiger partial charge in [-0.2, -0.15) is 0 Å². The standard InChI is InChI=1S/C24H26N2/c1-4-6-8-11-19(5-2)24-22-15-14-20-12-9-7-10-13-21(20)16-23(22)26-18(3)17-25-24/h5-6,8-15,26H,2-4,7,16-17H2,1H3/b8-6-,19-11+. The van der Waals surface area contributed by atoms with Crippen LogP contribution in [0.15, 0.2) is 113 Å². The monoisotopic (exact) mass is 342 g/mol. The molecule has 0 atom stereocenters. The van der Waals surface area contributed by atoms with Crippen molar-refractivity contribution >= 4 is 5.71 Å². The van der Waals surface area contributed by atoms with Crippen molar-refractivity contribution < 1.29 is 0 Å². The lowest BCUT2D eigenvalue weighted by Crippen LogP contribution is -2.15. The van der Waals surface area contributed by atoms with Gasteiger partial charge in [0.15, 0.2) is 0 Å². The Hall–Kier alpha value is -2.87. The fourth-order valence-corrected chi connectivity index (χ4v) is 3.21. The van der Waals surface area contributed by atoms with Crippen LogP contribution in [-0.4, -0.2) is 12.3 Å². The largest absolute Gasteiger partial charge is 0.360 e. The highest BCUT2D eigenvalue weighted by Crippen LogP contribution is 2.30. The molecule has 1 N–H and O–H groups in total. The number of nitrogens with one attached hydrogen (secondary N) is 1. The van der Waals surface area contributed by atoms with Crippen LogP contribution in [0.2, 0.25) is 0 Å². The molecule has 26 heavy (non-hydrogen) atoms. The molecule has 1 aliphatic heterocycles. The van der Waals surface area contributed by atoms with E-state index in [9.17, 15) is 0 Å². The molecule has 0 spiro atoms. The molecule has 0 aromatic rings. The summed E-state index contributed by atoms with van der Waals surface area (Å²) in [4.78, 5) is 4.83. The molecule has 1 heterocycles. The van der Waals surface area contributed by atoms with Crippen molar-refractivity contribution in [1.82, 2.24) is 5.32 Å². The molecule has 132 valence electrons. The summed E-state index contributed by atoms with van der Waals surface area (Å²) in [7, 11) is 0. The Kier molecular flexibility index (Phi) is 5.85. The lowest BCUT2D eigenvalue weighted by molar-refractivity contribution is 0.888. The SMILES string of the molecule is C=C/C(=C\C=C/CC)C1=NCC(=C)NC2=C1C=CC1=C(C=CCC=C1)C2. The molecular weight excluding hydrogens is 316 g/mol. The quantitative estimate of drug-likeness (QED) is 0.656.